The fourth-order valence-corrected chi connectivity index (χ4v) is 16.0. The molecular formula is C62H51BN2S. The van der Waals surface area contributed by atoms with Gasteiger partial charge in [-0.1, -0.05) is 136 Å². The summed E-state index contributed by atoms with van der Waals surface area (Å²) in [6.07, 6.45) is 6.94. The Kier molecular flexibility index (Phi) is 7.67. The molecule has 7 aliphatic rings. The zero-order valence-electron chi connectivity index (χ0n) is 37.9. The lowest BCUT2D eigenvalue weighted by atomic mass is 9.32. The van der Waals surface area contributed by atoms with Crippen LogP contribution in [0.5, 0.6) is 0 Å². The average molecular weight is 867 g/mol. The van der Waals surface area contributed by atoms with Crippen LogP contribution in [-0.4, -0.2) is 6.71 Å². The van der Waals surface area contributed by atoms with E-state index >= 15 is 0 Å². The Morgan fingerprint density at radius 1 is 0.485 bits per heavy atom. The number of hydrogen-bond acceptors (Lipinski definition) is 3. The minimum atomic E-state index is -0.00516. The molecule has 318 valence electrons. The highest BCUT2D eigenvalue weighted by Crippen LogP contribution is 2.69. The number of hydrogen-bond donors (Lipinski definition) is 0. The van der Waals surface area contributed by atoms with E-state index in [-0.39, 0.29) is 17.5 Å². The number of nitrogens with zero attached hydrogens (tertiary/aromatic N) is 2. The first-order valence-electron chi connectivity index (χ1n) is 24.5. The lowest BCUT2D eigenvalue weighted by Gasteiger charge is -2.64. The number of anilines is 6. The average Bonchev–Trinajstić information content (AvgIpc) is 3.72. The van der Waals surface area contributed by atoms with E-state index in [9.17, 15) is 0 Å². The molecule has 8 aromatic carbocycles. The molecule has 3 aliphatic heterocycles. The maximum atomic E-state index is 2.76. The molecule has 0 amide bonds. The third kappa shape index (κ3) is 5.04. The predicted octanol–water partition coefficient (Wildman–Crippen LogP) is 14.8. The lowest BCUT2D eigenvalue weighted by Crippen LogP contribution is -2.64. The maximum absolute atomic E-state index is 2.76. The van der Waals surface area contributed by atoms with Crippen molar-refractivity contribution in [2.75, 3.05) is 9.80 Å². The first kappa shape index (κ1) is 37.8. The molecule has 4 aliphatic carbocycles. The molecule has 0 atom stereocenters. The zero-order chi connectivity index (χ0) is 43.6. The Morgan fingerprint density at radius 2 is 1.15 bits per heavy atom. The van der Waals surface area contributed by atoms with Gasteiger partial charge in [-0.05, 0) is 171 Å². The fraction of sp³-hybridized carbons (Fsp3) is 0.226. The summed E-state index contributed by atoms with van der Waals surface area (Å²) in [5, 5.41) is 2.68. The van der Waals surface area contributed by atoms with E-state index in [1.807, 2.05) is 11.3 Å². The van der Waals surface area contributed by atoms with Crippen LogP contribution >= 0.6 is 11.3 Å². The summed E-state index contributed by atoms with van der Waals surface area (Å²) >= 11 is 1.90. The van der Waals surface area contributed by atoms with E-state index in [0.717, 1.165) is 11.8 Å². The first-order chi connectivity index (χ1) is 32.3. The highest BCUT2D eigenvalue weighted by Gasteiger charge is 2.62. The van der Waals surface area contributed by atoms with Crippen LogP contribution in [0.1, 0.15) is 69.6 Å². The van der Waals surface area contributed by atoms with Crippen LogP contribution < -0.4 is 26.2 Å². The van der Waals surface area contributed by atoms with Crippen LogP contribution in [0.3, 0.4) is 0 Å². The van der Waals surface area contributed by atoms with E-state index in [0.29, 0.717) is 11.8 Å². The standard InChI is InChI=1S/C62H51BN2S/c1-61(2,3)43-24-26-51-54(36-43)64(46-15-5-4-6-16-46)55-33-42(40-14-11-13-39(32-40)41-23-25-48-47-17-7-10-22-57(47)66-58(48)35-41)34-56-59(55)63(51)52-20-12-19-50-60(52)65(56)53-21-9-8-18-49(53)62(50)44-28-37-27-38(30-44)31-45(62)29-37/h4-26,32-38,44-45H,27-31H2,1-3H3. The highest BCUT2D eigenvalue weighted by atomic mass is 32.1. The molecule has 4 heteroatoms. The first-order valence-corrected chi connectivity index (χ1v) is 25.4. The van der Waals surface area contributed by atoms with Crippen molar-refractivity contribution >= 4 is 88.7 Å². The molecule has 1 aromatic heterocycles. The number of benzene rings is 8. The molecule has 2 nitrogen and oxygen atoms in total. The molecule has 4 bridgehead atoms. The summed E-state index contributed by atoms with van der Waals surface area (Å²) < 4.78 is 2.68. The van der Waals surface area contributed by atoms with E-state index in [4.69, 9.17) is 0 Å². The summed E-state index contributed by atoms with van der Waals surface area (Å²) in [6, 6.07) is 66.2. The quantitative estimate of drug-likeness (QED) is 0.163. The molecule has 4 saturated carbocycles. The molecule has 0 unspecified atom stereocenters. The summed E-state index contributed by atoms with van der Waals surface area (Å²) in [6.45, 7) is 7.16. The van der Waals surface area contributed by atoms with E-state index in [2.05, 4.69) is 200 Å². The Labute approximate surface area is 392 Å². The Hall–Kier alpha value is -6.36. The van der Waals surface area contributed by atoms with Crippen molar-refractivity contribution in [1.29, 1.82) is 0 Å². The van der Waals surface area contributed by atoms with Gasteiger partial charge in [-0.15, -0.1) is 11.3 Å². The number of para-hydroxylation sites is 3. The second-order valence-corrected chi connectivity index (χ2v) is 22.8. The molecule has 0 saturated heterocycles. The molecule has 66 heavy (non-hydrogen) atoms. The Morgan fingerprint density at radius 3 is 1.95 bits per heavy atom. The van der Waals surface area contributed by atoms with Gasteiger partial charge in [0.2, 0.25) is 0 Å². The topological polar surface area (TPSA) is 6.48 Å². The summed E-state index contributed by atoms with van der Waals surface area (Å²) in [5.74, 6) is 3.15. The summed E-state index contributed by atoms with van der Waals surface area (Å²) in [7, 11) is 0. The van der Waals surface area contributed by atoms with Gasteiger partial charge in [-0.2, -0.15) is 0 Å². The van der Waals surface area contributed by atoms with Crippen molar-refractivity contribution < 1.29 is 0 Å². The van der Waals surface area contributed by atoms with Crippen molar-refractivity contribution in [3.63, 3.8) is 0 Å². The maximum Gasteiger partial charge on any atom is 0.252 e. The summed E-state index contributed by atoms with van der Waals surface area (Å²) in [4.78, 5) is 5.36. The van der Waals surface area contributed by atoms with E-state index in [1.54, 1.807) is 11.1 Å². The van der Waals surface area contributed by atoms with Crippen LogP contribution in [0.4, 0.5) is 34.1 Å². The second-order valence-electron chi connectivity index (χ2n) is 21.7. The van der Waals surface area contributed by atoms with E-state index in [1.165, 1.54) is 131 Å². The van der Waals surface area contributed by atoms with Gasteiger partial charge in [-0.25, -0.2) is 0 Å². The van der Waals surface area contributed by atoms with Gasteiger partial charge in [0.25, 0.3) is 6.71 Å². The third-order valence-electron chi connectivity index (χ3n) is 17.3. The third-order valence-corrected chi connectivity index (χ3v) is 18.5. The molecule has 16 rings (SSSR count). The molecule has 0 N–H and O–H groups in total. The van der Waals surface area contributed by atoms with Gasteiger partial charge in [0.1, 0.15) is 0 Å². The van der Waals surface area contributed by atoms with Gasteiger partial charge in [0.15, 0.2) is 0 Å². The van der Waals surface area contributed by atoms with E-state index < -0.39 is 0 Å². The Bertz CT molecular complexity index is 3490. The van der Waals surface area contributed by atoms with Gasteiger partial charge in [0, 0.05) is 54.0 Å². The van der Waals surface area contributed by atoms with Gasteiger partial charge >= 0.3 is 0 Å². The summed E-state index contributed by atoms with van der Waals surface area (Å²) in [5.41, 5.74) is 21.8. The van der Waals surface area contributed by atoms with Gasteiger partial charge in [0.05, 0.1) is 5.69 Å². The number of fused-ring (bicyclic) bond motifs is 9. The zero-order valence-corrected chi connectivity index (χ0v) is 38.7. The van der Waals surface area contributed by atoms with Crippen molar-refractivity contribution in [3.05, 3.63) is 187 Å². The second kappa shape index (κ2) is 13.4. The normalized spacial score (nSPS) is 22.7. The van der Waals surface area contributed by atoms with Crippen LogP contribution in [0.25, 0.3) is 42.4 Å². The minimum absolute atomic E-state index is 0.00516. The van der Waals surface area contributed by atoms with Crippen molar-refractivity contribution in [2.24, 2.45) is 23.7 Å². The Balaban J connectivity index is 1.01. The van der Waals surface area contributed by atoms with Crippen LogP contribution in [0, 0.1) is 23.7 Å². The minimum Gasteiger partial charge on any atom is -0.311 e. The fourth-order valence-electron chi connectivity index (χ4n) is 14.9. The van der Waals surface area contributed by atoms with Crippen molar-refractivity contribution in [3.8, 4) is 22.3 Å². The number of rotatable bonds is 3. The van der Waals surface area contributed by atoms with Gasteiger partial charge < -0.3 is 9.80 Å². The molecule has 1 spiro atoms. The molecule has 0 radical (unpaired) electrons. The molecular weight excluding hydrogens is 816 g/mol. The van der Waals surface area contributed by atoms with Gasteiger partial charge in [-0.3, -0.25) is 0 Å². The van der Waals surface area contributed by atoms with Crippen molar-refractivity contribution in [1.82, 2.24) is 0 Å². The van der Waals surface area contributed by atoms with Crippen LogP contribution in [0.15, 0.2) is 170 Å². The molecule has 4 fully saturated rings. The van der Waals surface area contributed by atoms with Crippen molar-refractivity contribution in [2.45, 2.75) is 63.7 Å². The van der Waals surface area contributed by atoms with Crippen LogP contribution in [0.2, 0.25) is 0 Å². The highest BCUT2D eigenvalue weighted by molar-refractivity contribution is 7.25. The largest absolute Gasteiger partial charge is 0.311 e. The number of thiophene rings is 1. The SMILES string of the molecule is CC(C)(C)c1ccc2c(c1)N(c1ccccc1)c1cc(-c3cccc(-c4ccc5c(c4)sc4ccccc45)c3)cc3c1B2c1cccc2c1N3c1ccccc1C21C2CC3CC(C2)CC1C3. The monoisotopic (exact) mass is 866 g/mol. The molecule has 4 heterocycles. The van der Waals surface area contributed by atoms with Crippen LogP contribution in [-0.2, 0) is 10.8 Å². The lowest BCUT2D eigenvalue weighted by molar-refractivity contribution is -0.0419. The smallest absolute Gasteiger partial charge is 0.252 e. The predicted molar refractivity (Wildman–Crippen MR) is 281 cm³/mol. The molecule has 9 aromatic rings.